The van der Waals surface area contributed by atoms with E-state index < -0.39 is 0 Å². The maximum absolute atomic E-state index is 12.4. The van der Waals surface area contributed by atoms with E-state index in [1.807, 2.05) is 37.3 Å². The second-order valence-electron chi connectivity index (χ2n) is 6.34. The molecular formula is C18H23N5O2S. The van der Waals surface area contributed by atoms with E-state index in [1.54, 1.807) is 0 Å². The first-order valence-electron chi connectivity index (χ1n) is 8.85. The van der Waals surface area contributed by atoms with Crippen molar-refractivity contribution in [1.29, 1.82) is 0 Å². The van der Waals surface area contributed by atoms with E-state index in [0.717, 1.165) is 48.8 Å². The highest BCUT2D eigenvalue weighted by atomic mass is 32.1. The number of carbonyl (C=O) groups excluding carboxylic acids is 2. The number of likely N-dealkylation sites (tertiary alicyclic amines) is 1. The lowest BCUT2D eigenvalue weighted by Gasteiger charge is -2.31. The summed E-state index contributed by atoms with van der Waals surface area (Å²) in [4.78, 5) is 27.2. The van der Waals surface area contributed by atoms with E-state index in [4.69, 9.17) is 0 Å². The van der Waals surface area contributed by atoms with Crippen LogP contribution in [0.3, 0.4) is 0 Å². The minimum Gasteiger partial charge on any atom is -0.348 e. The Bertz CT molecular complexity index is 741. The number of piperidine rings is 1. The van der Waals surface area contributed by atoms with Gasteiger partial charge >= 0.3 is 0 Å². The minimum absolute atomic E-state index is 0.0120. The topological polar surface area (TPSA) is 87.2 Å². The van der Waals surface area contributed by atoms with Crippen molar-refractivity contribution in [2.45, 2.75) is 32.2 Å². The van der Waals surface area contributed by atoms with Crippen LogP contribution < -0.4 is 10.6 Å². The van der Waals surface area contributed by atoms with Crippen LogP contribution in [0.4, 0.5) is 5.69 Å². The Kier molecular flexibility index (Phi) is 6.30. The van der Waals surface area contributed by atoms with Gasteiger partial charge in [-0.3, -0.25) is 14.5 Å². The van der Waals surface area contributed by atoms with Crippen molar-refractivity contribution in [1.82, 2.24) is 19.8 Å². The molecule has 0 aliphatic carbocycles. The average molecular weight is 373 g/mol. The number of nitrogens with zero attached hydrogens (tertiary/aromatic N) is 3. The van der Waals surface area contributed by atoms with Gasteiger partial charge in [-0.25, -0.2) is 0 Å². The van der Waals surface area contributed by atoms with E-state index >= 15 is 0 Å². The van der Waals surface area contributed by atoms with Crippen LogP contribution in [0, 0.1) is 0 Å². The van der Waals surface area contributed by atoms with Crippen molar-refractivity contribution in [3.63, 3.8) is 0 Å². The Morgan fingerprint density at radius 3 is 2.65 bits per heavy atom. The van der Waals surface area contributed by atoms with E-state index in [0.29, 0.717) is 17.8 Å². The molecule has 1 aromatic heterocycles. The molecule has 2 N–H and O–H groups in total. The molecule has 1 fully saturated rings. The molecule has 0 unspecified atom stereocenters. The van der Waals surface area contributed by atoms with Gasteiger partial charge in [-0.05, 0) is 42.9 Å². The number of para-hydroxylation sites is 1. The first kappa shape index (κ1) is 18.5. The lowest BCUT2D eigenvalue weighted by atomic mass is 10.0. The van der Waals surface area contributed by atoms with Crippen molar-refractivity contribution in [2.24, 2.45) is 0 Å². The second kappa shape index (κ2) is 8.86. The molecule has 0 atom stereocenters. The van der Waals surface area contributed by atoms with Gasteiger partial charge in [0, 0.05) is 24.8 Å². The molecule has 8 heteroatoms. The fourth-order valence-electron chi connectivity index (χ4n) is 3.02. The van der Waals surface area contributed by atoms with Gasteiger partial charge in [0.05, 0.1) is 12.2 Å². The molecule has 1 aliphatic rings. The van der Waals surface area contributed by atoms with Crippen LogP contribution >= 0.6 is 11.5 Å². The van der Waals surface area contributed by atoms with Crippen LogP contribution in [0.15, 0.2) is 30.3 Å². The quantitative estimate of drug-likeness (QED) is 0.808. The SMILES string of the molecule is CCc1nnsc1C(=O)NC1CCN(CC(=O)Nc2ccccc2)CC1. The molecular weight excluding hydrogens is 350 g/mol. The monoisotopic (exact) mass is 373 g/mol. The lowest BCUT2D eigenvalue weighted by molar-refractivity contribution is -0.117. The summed E-state index contributed by atoms with van der Waals surface area (Å²) >= 11 is 1.14. The number of aromatic nitrogens is 2. The third-order valence-corrected chi connectivity index (χ3v) is 5.21. The summed E-state index contributed by atoms with van der Waals surface area (Å²) in [6.45, 7) is 3.91. The zero-order valence-electron chi connectivity index (χ0n) is 14.8. The summed E-state index contributed by atoms with van der Waals surface area (Å²) < 4.78 is 3.86. The fourth-order valence-corrected chi connectivity index (χ4v) is 3.68. The summed E-state index contributed by atoms with van der Waals surface area (Å²) in [6.07, 6.45) is 2.37. The number of hydrogen-bond donors (Lipinski definition) is 2. The van der Waals surface area contributed by atoms with Crippen molar-refractivity contribution < 1.29 is 9.59 Å². The summed E-state index contributed by atoms with van der Waals surface area (Å²) in [5.74, 6) is -0.0980. The highest BCUT2D eigenvalue weighted by molar-refractivity contribution is 7.08. The minimum atomic E-state index is -0.0860. The Labute approximate surface area is 157 Å². The predicted molar refractivity (Wildman–Crippen MR) is 101 cm³/mol. The molecule has 1 aliphatic heterocycles. The van der Waals surface area contributed by atoms with Crippen LogP contribution in [-0.4, -0.2) is 52.0 Å². The molecule has 138 valence electrons. The molecule has 2 heterocycles. The molecule has 2 aromatic rings. The number of carbonyl (C=O) groups is 2. The maximum Gasteiger partial charge on any atom is 0.265 e. The molecule has 7 nitrogen and oxygen atoms in total. The van der Waals surface area contributed by atoms with Crippen molar-refractivity contribution in [2.75, 3.05) is 25.0 Å². The number of rotatable bonds is 6. The number of anilines is 1. The number of nitrogens with one attached hydrogen (secondary N) is 2. The van der Waals surface area contributed by atoms with Gasteiger partial charge in [-0.15, -0.1) is 5.10 Å². The lowest BCUT2D eigenvalue weighted by Crippen LogP contribution is -2.46. The maximum atomic E-state index is 12.4. The highest BCUT2D eigenvalue weighted by Gasteiger charge is 2.24. The molecule has 1 saturated heterocycles. The van der Waals surface area contributed by atoms with Gasteiger partial charge in [0.1, 0.15) is 4.88 Å². The molecule has 0 spiro atoms. The van der Waals surface area contributed by atoms with E-state index in [1.165, 1.54) is 0 Å². The van der Waals surface area contributed by atoms with Gasteiger partial charge in [0.15, 0.2) is 0 Å². The number of amides is 2. The van der Waals surface area contributed by atoms with E-state index in [9.17, 15) is 9.59 Å². The first-order chi connectivity index (χ1) is 12.7. The molecule has 0 saturated carbocycles. The third kappa shape index (κ3) is 4.86. The highest BCUT2D eigenvalue weighted by Crippen LogP contribution is 2.15. The van der Waals surface area contributed by atoms with Crippen molar-refractivity contribution in [3.05, 3.63) is 40.9 Å². The molecule has 1 aromatic carbocycles. The number of hydrogen-bond acceptors (Lipinski definition) is 6. The molecule has 3 rings (SSSR count). The van der Waals surface area contributed by atoms with E-state index in [2.05, 4.69) is 25.1 Å². The average Bonchev–Trinajstić information content (AvgIpc) is 3.13. The Morgan fingerprint density at radius 2 is 1.96 bits per heavy atom. The van der Waals surface area contributed by atoms with Gasteiger partial charge in [0.25, 0.3) is 5.91 Å². The molecule has 0 radical (unpaired) electrons. The van der Waals surface area contributed by atoms with Gasteiger partial charge in [-0.2, -0.15) is 0 Å². The van der Waals surface area contributed by atoms with Crippen LogP contribution in [0.5, 0.6) is 0 Å². The van der Waals surface area contributed by atoms with E-state index in [-0.39, 0.29) is 17.9 Å². The smallest absolute Gasteiger partial charge is 0.265 e. The van der Waals surface area contributed by atoms with Crippen LogP contribution in [-0.2, 0) is 11.2 Å². The van der Waals surface area contributed by atoms with Gasteiger partial charge < -0.3 is 10.6 Å². The molecule has 2 amide bonds. The Balaban J connectivity index is 1.42. The zero-order chi connectivity index (χ0) is 18.4. The summed E-state index contributed by atoms with van der Waals surface area (Å²) in [5.41, 5.74) is 1.56. The first-order valence-corrected chi connectivity index (χ1v) is 9.62. The van der Waals surface area contributed by atoms with Crippen molar-refractivity contribution >= 4 is 29.0 Å². The normalized spacial score (nSPS) is 15.6. The molecule has 0 bridgehead atoms. The summed E-state index contributed by atoms with van der Waals surface area (Å²) in [6, 6.07) is 9.58. The summed E-state index contributed by atoms with van der Waals surface area (Å²) in [7, 11) is 0. The number of aryl methyl sites for hydroxylation is 1. The third-order valence-electron chi connectivity index (χ3n) is 4.44. The van der Waals surface area contributed by atoms with Crippen LogP contribution in [0.25, 0.3) is 0 Å². The van der Waals surface area contributed by atoms with Crippen LogP contribution in [0.2, 0.25) is 0 Å². The number of benzene rings is 1. The van der Waals surface area contributed by atoms with Gasteiger partial charge in [0.2, 0.25) is 5.91 Å². The second-order valence-corrected chi connectivity index (χ2v) is 7.09. The standard InChI is InChI=1S/C18H23N5O2S/c1-2-15-17(26-22-21-15)18(25)20-14-8-10-23(11-9-14)12-16(24)19-13-6-4-3-5-7-13/h3-7,14H,2,8-12H2,1H3,(H,19,24)(H,20,25). The fraction of sp³-hybridized carbons (Fsp3) is 0.444. The largest absolute Gasteiger partial charge is 0.348 e. The summed E-state index contributed by atoms with van der Waals surface area (Å²) in [5, 5.41) is 9.96. The predicted octanol–water partition coefficient (Wildman–Crippen LogP) is 1.93. The van der Waals surface area contributed by atoms with Crippen LogP contribution in [0.1, 0.15) is 35.1 Å². The zero-order valence-corrected chi connectivity index (χ0v) is 15.6. The Hall–Kier alpha value is -2.32. The van der Waals surface area contributed by atoms with Crippen molar-refractivity contribution in [3.8, 4) is 0 Å². The molecule has 26 heavy (non-hydrogen) atoms. The van der Waals surface area contributed by atoms with Gasteiger partial charge in [-0.1, -0.05) is 29.6 Å². The Morgan fingerprint density at radius 1 is 1.23 bits per heavy atom.